The average Bonchev–Trinajstić information content (AvgIpc) is 2.12. The summed E-state index contributed by atoms with van der Waals surface area (Å²) in [4.78, 5) is 4.22. The zero-order chi connectivity index (χ0) is 5.98. The molecule has 0 saturated heterocycles. The van der Waals surface area contributed by atoms with Crippen molar-refractivity contribution in [1.82, 2.24) is 0 Å². The molecule has 44 valence electrons. The minimum Gasteiger partial charge on any atom is -0.277 e. The average molecular weight is 127 g/mol. The van der Waals surface area contributed by atoms with E-state index in [-0.39, 0.29) is 0 Å². The zero-order valence-electron chi connectivity index (χ0n) is 4.98. The van der Waals surface area contributed by atoms with Gasteiger partial charge in [0.1, 0.15) is 0 Å². The summed E-state index contributed by atoms with van der Waals surface area (Å²) in [6, 6.07) is 0. The van der Waals surface area contributed by atoms with Crippen LogP contribution in [0, 0.1) is 0 Å². The maximum Gasteiger partial charge on any atom is 0.0928 e. The molecule has 0 unspecified atom stereocenters. The number of hydrogen-bond acceptors (Lipinski definition) is 2. The summed E-state index contributed by atoms with van der Waals surface area (Å²) >= 11 is 1.80. The Morgan fingerprint density at radius 1 is 1.88 bits per heavy atom. The van der Waals surface area contributed by atoms with E-state index >= 15 is 0 Å². The van der Waals surface area contributed by atoms with Crippen molar-refractivity contribution in [2.45, 2.75) is 6.92 Å². The molecular formula is C6H9NS. The monoisotopic (exact) mass is 127 g/mol. The van der Waals surface area contributed by atoms with Gasteiger partial charge in [-0.2, -0.15) is 0 Å². The van der Waals surface area contributed by atoms with E-state index in [2.05, 4.69) is 11.6 Å². The predicted octanol–water partition coefficient (Wildman–Crippen LogP) is 1.71. The molecule has 0 N–H and O–H groups in total. The van der Waals surface area contributed by atoms with E-state index in [1.165, 1.54) is 0 Å². The highest BCUT2D eigenvalue weighted by atomic mass is 32.2. The second-order valence-corrected chi connectivity index (χ2v) is 2.90. The van der Waals surface area contributed by atoms with Crippen LogP contribution < -0.4 is 0 Å². The van der Waals surface area contributed by atoms with Gasteiger partial charge in [0.05, 0.1) is 5.04 Å². The van der Waals surface area contributed by atoms with Crippen molar-refractivity contribution in [3.8, 4) is 0 Å². The third kappa shape index (κ3) is 1.13. The molecule has 0 spiro atoms. The SMILES string of the molecule is C=C(C)C1=NCCS1. The van der Waals surface area contributed by atoms with Crippen LogP contribution in [0.25, 0.3) is 0 Å². The molecule has 0 atom stereocenters. The topological polar surface area (TPSA) is 12.4 Å². The number of hydrogen-bond donors (Lipinski definition) is 0. The molecule has 0 bridgehead atoms. The van der Waals surface area contributed by atoms with Gasteiger partial charge in [0, 0.05) is 12.3 Å². The van der Waals surface area contributed by atoms with Crippen molar-refractivity contribution in [3.63, 3.8) is 0 Å². The Bertz CT molecular complexity index is 137. The fraction of sp³-hybridized carbons (Fsp3) is 0.500. The summed E-state index contributed by atoms with van der Waals surface area (Å²) in [6.45, 7) is 6.76. The Hall–Kier alpha value is -0.240. The molecule has 0 aromatic rings. The van der Waals surface area contributed by atoms with Crippen LogP contribution in [0.2, 0.25) is 0 Å². The molecule has 1 rings (SSSR count). The van der Waals surface area contributed by atoms with Gasteiger partial charge >= 0.3 is 0 Å². The lowest BCUT2D eigenvalue weighted by atomic mass is 10.4. The van der Waals surface area contributed by atoms with Gasteiger partial charge in [-0.05, 0) is 12.5 Å². The van der Waals surface area contributed by atoms with Crippen LogP contribution in [0.5, 0.6) is 0 Å². The van der Waals surface area contributed by atoms with E-state index in [0.717, 1.165) is 22.9 Å². The van der Waals surface area contributed by atoms with Gasteiger partial charge < -0.3 is 0 Å². The molecular weight excluding hydrogens is 118 g/mol. The van der Waals surface area contributed by atoms with E-state index < -0.39 is 0 Å². The lowest BCUT2D eigenvalue weighted by molar-refractivity contribution is 1.17. The first-order valence-electron chi connectivity index (χ1n) is 2.64. The molecule has 0 radical (unpaired) electrons. The van der Waals surface area contributed by atoms with E-state index in [9.17, 15) is 0 Å². The van der Waals surface area contributed by atoms with E-state index in [0.29, 0.717) is 0 Å². The third-order valence-electron chi connectivity index (χ3n) is 0.951. The summed E-state index contributed by atoms with van der Waals surface area (Å²) in [5.74, 6) is 1.14. The van der Waals surface area contributed by atoms with Gasteiger partial charge in [-0.1, -0.05) is 6.58 Å². The van der Waals surface area contributed by atoms with Gasteiger partial charge in [0.25, 0.3) is 0 Å². The smallest absolute Gasteiger partial charge is 0.0928 e. The first-order chi connectivity index (χ1) is 3.80. The molecule has 0 aromatic carbocycles. The summed E-state index contributed by atoms with van der Waals surface area (Å²) in [5, 5.41) is 1.14. The Kier molecular flexibility index (Phi) is 1.73. The fourth-order valence-corrected chi connectivity index (χ4v) is 1.40. The highest BCUT2D eigenvalue weighted by molar-refractivity contribution is 8.14. The van der Waals surface area contributed by atoms with Gasteiger partial charge in [0.15, 0.2) is 0 Å². The van der Waals surface area contributed by atoms with Gasteiger partial charge in [-0.3, -0.25) is 4.99 Å². The lowest BCUT2D eigenvalue weighted by Crippen LogP contribution is -1.85. The molecule has 0 aliphatic carbocycles. The van der Waals surface area contributed by atoms with Crippen molar-refractivity contribution < 1.29 is 0 Å². The van der Waals surface area contributed by atoms with Gasteiger partial charge in [-0.15, -0.1) is 11.8 Å². The largest absolute Gasteiger partial charge is 0.277 e. The van der Waals surface area contributed by atoms with Crippen molar-refractivity contribution in [3.05, 3.63) is 12.2 Å². The minimum absolute atomic E-state index is 0.979. The Labute approximate surface area is 53.9 Å². The normalized spacial score (nSPS) is 18.4. The molecule has 0 fully saturated rings. The molecule has 0 aromatic heterocycles. The number of rotatable bonds is 1. The first kappa shape index (κ1) is 5.89. The van der Waals surface area contributed by atoms with Gasteiger partial charge in [-0.25, -0.2) is 0 Å². The summed E-state index contributed by atoms with van der Waals surface area (Å²) in [5.41, 5.74) is 1.10. The maximum atomic E-state index is 4.22. The molecule has 0 amide bonds. The fourth-order valence-electron chi connectivity index (χ4n) is 0.593. The second kappa shape index (κ2) is 2.35. The molecule has 8 heavy (non-hydrogen) atoms. The number of aliphatic imine (C=N–C) groups is 1. The molecule has 1 nitrogen and oxygen atoms in total. The number of nitrogens with zero attached hydrogens (tertiary/aromatic N) is 1. The zero-order valence-corrected chi connectivity index (χ0v) is 5.79. The highest BCUT2D eigenvalue weighted by Crippen LogP contribution is 2.16. The van der Waals surface area contributed by atoms with Crippen molar-refractivity contribution in [2.24, 2.45) is 4.99 Å². The Morgan fingerprint density at radius 2 is 2.62 bits per heavy atom. The number of thioether (sulfide) groups is 1. The first-order valence-corrected chi connectivity index (χ1v) is 3.62. The summed E-state index contributed by atoms with van der Waals surface area (Å²) in [6.07, 6.45) is 0. The maximum absolute atomic E-state index is 4.22. The predicted molar refractivity (Wildman–Crippen MR) is 39.6 cm³/mol. The minimum atomic E-state index is 0.979. The molecule has 2 heteroatoms. The molecule has 1 aliphatic heterocycles. The van der Waals surface area contributed by atoms with Crippen LogP contribution in [0.1, 0.15) is 6.92 Å². The lowest BCUT2D eigenvalue weighted by Gasteiger charge is -1.91. The molecule has 0 saturated carbocycles. The van der Waals surface area contributed by atoms with E-state index in [1.54, 1.807) is 11.8 Å². The van der Waals surface area contributed by atoms with Crippen LogP contribution in [0.3, 0.4) is 0 Å². The quantitative estimate of drug-likeness (QED) is 0.522. The molecule has 1 heterocycles. The van der Waals surface area contributed by atoms with E-state index in [4.69, 9.17) is 0 Å². The van der Waals surface area contributed by atoms with Crippen LogP contribution in [0.15, 0.2) is 17.1 Å². The summed E-state index contributed by atoms with van der Waals surface area (Å²) < 4.78 is 0. The Balaban J connectivity index is 2.57. The third-order valence-corrected chi connectivity index (χ3v) is 2.09. The van der Waals surface area contributed by atoms with Crippen molar-refractivity contribution in [2.75, 3.05) is 12.3 Å². The standard InChI is InChI=1S/C6H9NS/c1-5(2)6-7-3-4-8-6/h1,3-4H2,2H3. The van der Waals surface area contributed by atoms with Crippen LogP contribution >= 0.6 is 11.8 Å². The van der Waals surface area contributed by atoms with Crippen LogP contribution in [-0.4, -0.2) is 17.3 Å². The van der Waals surface area contributed by atoms with Crippen molar-refractivity contribution in [1.29, 1.82) is 0 Å². The Morgan fingerprint density at radius 3 is 2.88 bits per heavy atom. The van der Waals surface area contributed by atoms with Crippen molar-refractivity contribution >= 4 is 16.8 Å². The van der Waals surface area contributed by atoms with E-state index in [1.807, 2.05) is 6.92 Å². The summed E-state index contributed by atoms with van der Waals surface area (Å²) in [7, 11) is 0. The second-order valence-electron chi connectivity index (χ2n) is 1.82. The van der Waals surface area contributed by atoms with Gasteiger partial charge in [0.2, 0.25) is 0 Å². The highest BCUT2D eigenvalue weighted by Gasteiger charge is 2.05. The molecule has 1 aliphatic rings. The van der Waals surface area contributed by atoms with Crippen LogP contribution in [0.4, 0.5) is 0 Å². The van der Waals surface area contributed by atoms with Crippen LogP contribution in [-0.2, 0) is 0 Å².